The summed E-state index contributed by atoms with van der Waals surface area (Å²) < 4.78 is 10.7. The van der Waals surface area contributed by atoms with Crippen molar-refractivity contribution in [1.29, 1.82) is 0 Å². The molecule has 0 amide bonds. The van der Waals surface area contributed by atoms with Gasteiger partial charge in [0.05, 0.1) is 36.9 Å². The fraction of sp³-hybridized carbons (Fsp3) is 0.389. The van der Waals surface area contributed by atoms with Gasteiger partial charge in [-0.3, -0.25) is 9.78 Å². The molecule has 0 aliphatic heterocycles. The molecule has 0 bridgehead atoms. The average molecular weight is 332 g/mol. The predicted octanol–water partition coefficient (Wildman–Crippen LogP) is 3.04. The van der Waals surface area contributed by atoms with E-state index in [-0.39, 0.29) is 18.8 Å². The van der Waals surface area contributed by atoms with E-state index in [1.807, 2.05) is 27.7 Å². The van der Waals surface area contributed by atoms with Crippen molar-refractivity contribution in [2.24, 2.45) is 0 Å². The van der Waals surface area contributed by atoms with Crippen molar-refractivity contribution in [3.05, 3.63) is 48.0 Å². The van der Waals surface area contributed by atoms with Crippen molar-refractivity contribution in [1.82, 2.24) is 9.97 Å². The highest BCUT2D eigenvalue weighted by Gasteiger charge is 1.98. The minimum atomic E-state index is -0.0258. The molecule has 0 spiro atoms. The summed E-state index contributed by atoms with van der Waals surface area (Å²) in [6.45, 7) is 7.77. The number of aliphatic hydroxyl groups excluding tert-OH is 1. The first-order valence-corrected chi connectivity index (χ1v) is 7.75. The van der Waals surface area contributed by atoms with Crippen molar-refractivity contribution in [3.8, 4) is 11.5 Å². The Bertz CT molecular complexity index is 595. The summed E-state index contributed by atoms with van der Waals surface area (Å²) in [4.78, 5) is 18.1. The fourth-order valence-corrected chi connectivity index (χ4v) is 1.65. The molecule has 2 heterocycles. The van der Waals surface area contributed by atoms with E-state index in [9.17, 15) is 4.79 Å². The van der Waals surface area contributed by atoms with Gasteiger partial charge in [-0.1, -0.05) is 0 Å². The minimum absolute atomic E-state index is 0.0258. The summed E-state index contributed by atoms with van der Waals surface area (Å²) in [6.07, 6.45) is 4.16. The van der Waals surface area contributed by atoms with Crippen LogP contribution in [0.1, 0.15) is 43.9 Å². The Kier molecular flexibility index (Phi) is 8.43. The molecule has 0 saturated carbocycles. The average Bonchev–Trinajstić information content (AvgIpc) is 2.56. The highest BCUT2D eigenvalue weighted by atomic mass is 16.5. The Morgan fingerprint density at radius 1 is 0.958 bits per heavy atom. The number of ether oxygens (including phenoxy) is 2. The first-order chi connectivity index (χ1) is 11.4. The first kappa shape index (κ1) is 19.6. The molecular formula is C18H24N2O4. The normalized spacial score (nSPS) is 10.1. The summed E-state index contributed by atoms with van der Waals surface area (Å²) in [5.41, 5.74) is 1.08. The van der Waals surface area contributed by atoms with Gasteiger partial charge in [0.1, 0.15) is 17.2 Å². The van der Waals surface area contributed by atoms with E-state index in [1.54, 1.807) is 36.7 Å². The number of hydrogen-bond donors (Lipinski definition) is 1. The number of rotatable bonds is 6. The van der Waals surface area contributed by atoms with Crippen molar-refractivity contribution >= 4 is 6.29 Å². The molecule has 6 nitrogen and oxygen atoms in total. The number of aliphatic hydroxyl groups is 1. The maximum Gasteiger partial charge on any atom is 0.168 e. The molecule has 2 rings (SSSR count). The zero-order valence-corrected chi connectivity index (χ0v) is 14.5. The van der Waals surface area contributed by atoms with Crippen molar-refractivity contribution in [3.63, 3.8) is 0 Å². The molecule has 0 aliphatic carbocycles. The summed E-state index contributed by atoms with van der Waals surface area (Å²) >= 11 is 0. The lowest BCUT2D eigenvalue weighted by atomic mass is 10.3. The zero-order chi connectivity index (χ0) is 17.9. The van der Waals surface area contributed by atoms with Crippen molar-refractivity contribution in [2.45, 2.75) is 46.5 Å². The highest BCUT2D eigenvalue weighted by molar-refractivity contribution is 5.71. The van der Waals surface area contributed by atoms with Gasteiger partial charge in [0.25, 0.3) is 0 Å². The zero-order valence-electron chi connectivity index (χ0n) is 14.5. The van der Waals surface area contributed by atoms with Gasteiger partial charge in [0, 0.05) is 0 Å². The molecule has 0 unspecified atom stereocenters. The minimum Gasteiger partial charge on any atom is -0.489 e. The lowest BCUT2D eigenvalue weighted by Crippen LogP contribution is -2.05. The van der Waals surface area contributed by atoms with Gasteiger partial charge in [0.2, 0.25) is 0 Å². The van der Waals surface area contributed by atoms with Crippen LogP contribution in [-0.2, 0) is 6.61 Å². The number of pyridine rings is 2. The SMILES string of the molecule is CC(C)Oc1ccc(C=O)nc1.CC(C)Oc1ccc(CO)nc1. The van der Waals surface area contributed by atoms with Crippen LogP contribution in [-0.4, -0.2) is 33.6 Å². The van der Waals surface area contributed by atoms with Crippen molar-refractivity contribution in [2.75, 3.05) is 0 Å². The van der Waals surface area contributed by atoms with Gasteiger partial charge in [0.15, 0.2) is 6.29 Å². The third-order valence-electron chi connectivity index (χ3n) is 2.58. The van der Waals surface area contributed by atoms with Crippen LogP contribution in [0.15, 0.2) is 36.7 Å². The number of aromatic nitrogens is 2. The van der Waals surface area contributed by atoms with Crippen LogP contribution in [0.2, 0.25) is 0 Å². The van der Waals surface area contributed by atoms with Gasteiger partial charge < -0.3 is 14.6 Å². The summed E-state index contributed by atoms with van der Waals surface area (Å²) in [6, 6.07) is 6.91. The van der Waals surface area contributed by atoms with E-state index >= 15 is 0 Å². The molecule has 24 heavy (non-hydrogen) atoms. The summed E-state index contributed by atoms with van der Waals surface area (Å²) in [7, 11) is 0. The predicted molar refractivity (Wildman–Crippen MR) is 91.3 cm³/mol. The molecule has 0 aromatic carbocycles. The number of nitrogens with zero attached hydrogens (tertiary/aromatic N) is 2. The second-order valence-electron chi connectivity index (χ2n) is 5.51. The number of aldehydes is 1. The molecule has 0 radical (unpaired) electrons. The molecule has 0 aliphatic rings. The van der Waals surface area contributed by atoms with Gasteiger partial charge >= 0.3 is 0 Å². The Morgan fingerprint density at radius 2 is 1.50 bits per heavy atom. The third kappa shape index (κ3) is 7.69. The van der Waals surface area contributed by atoms with Gasteiger partial charge in [-0.05, 0) is 52.0 Å². The molecule has 130 valence electrons. The summed E-state index contributed by atoms with van der Waals surface area (Å²) in [5.74, 6) is 1.43. The maximum absolute atomic E-state index is 10.2. The molecule has 0 saturated heterocycles. The second kappa shape index (κ2) is 10.3. The van der Waals surface area contributed by atoms with E-state index in [1.165, 1.54) is 0 Å². The standard InChI is InChI=1S/C9H13NO2.C9H11NO2/c2*1-7(2)12-9-4-3-8(6-11)10-5-9/h3-5,7,11H,6H2,1-2H3;3-7H,1-2H3. The Balaban J connectivity index is 0.000000240. The molecule has 0 atom stereocenters. The number of carbonyl (C=O) groups is 1. The first-order valence-electron chi connectivity index (χ1n) is 7.75. The summed E-state index contributed by atoms with van der Waals surface area (Å²) in [5, 5.41) is 8.71. The largest absolute Gasteiger partial charge is 0.489 e. The monoisotopic (exact) mass is 332 g/mol. The van der Waals surface area contributed by atoms with Gasteiger partial charge in [-0.25, -0.2) is 4.98 Å². The van der Waals surface area contributed by atoms with E-state index in [4.69, 9.17) is 14.6 Å². The number of carbonyl (C=O) groups excluding carboxylic acids is 1. The van der Waals surface area contributed by atoms with Crippen LogP contribution < -0.4 is 9.47 Å². The molecule has 2 aromatic rings. The molecule has 6 heteroatoms. The fourth-order valence-electron chi connectivity index (χ4n) is 1.65. The maximum atomic E-state index is 10.2. The lowest BCUT2D eigenvalue weighted by molar-refractivity contribution is 0.111. The van der Waals surface area contributed by atoms with E-state index in [0.717, 1.165) is 5.75 Å². The smallest absolute Gasteiger partial charge is 0.168 e. The Morgan fingerprint density at radius 3 is 1.83 bits per heavy atom. The molecule has 0 fully saturated rings. The van der Waals surface area contributed by atoms with Crippen LogP contribution in [0.4, 0.5) is 0 Å². The van der Waals surface area contributed by atoms with Crippen LogP contribution in [0.3, 0.4) is 0 Å². The molecule has 1 N–H and O–H groups in total. The van der Waals surface area contributed by atoms with Crippen molar-refractivity contribution < 1.29 is 19.4 Å². The van der Waals surface area contributed by atoms with Crippen LogP contribution in [0.5, 0.6) is 11.5 Å². The Labute approximate surface area is 142 Å². The lowest BCUT2D eigenvalue weighted by Gasteiger charge is -2.08. The second-order valence-corrected chi connectivity index (χ2v) is 5.51. The van der Waals surface area contributed by atoms with Gasteiger partial charge in [-0.15, -0.1) is 0 Å². The highest BCUT2D eigenvalue weighted by Crippen LogP contribution is 2.11. The number of hydrogen-bond acceptors (Lipinski definition) is 6. The topological polar surface area (TPSA) is 81.5 Å². The molecular weight excluding hydrogens is 308 g/mol. The third-order valence-corrected chi connectivity index (χ3v) is 2.58. The van der Waals surface area contributed by atoms with Crippen LogP contribution in [0.25, 0.3) is 0 Å². The molecule has 2 aromatic heterocycles. The van der Waals surface area contributed by atoms with E-state index in [0.29, 0.717) is 23.4 Å². The quantitative estimate of drug-likeness (QED) is 0.819. The van der Waals surface area contributed by atoms with E-state index < -0.39 is 0 Å². The van der Waals surface area contributed by atoms with Crippen LogP contribution >= 0.6 is 0 Å². The Hall–Kier alpha value is -2.47. The van der Waals surface area contributed by atoms with Gasteiger partial charge in [-0.2, -0.15) is 0 Å². The van der Waals surface area contributed by atoms with Crippen LogP contribution in [0, 0.1) is 0 Å². The van der Waals surface area contributed by atoms with E-state index in [2.05, 4.69) is 9.97 Å².